The highest BCUT2D eigenvalue weighted by Crippen LogP contribution is 2.18. The quantitative estimate of drug-likeness (QED) is 0.776. The van der Waals surface area contributed by atoms with Crippen LogP contribution in [-0.2, 0) is 9.53 Å². The Labute approximate surface area is 109 Å². The van der Waals surface area contributed by atoms with Crippen molar-refractivity contribution in [3.63, 3.8) is 0 Å². The second kappa shape index (κ2) is 6.07. The molecule has 1 saturated heterocycles. The van der Waals surface area contributed by atoms with Crippen molar-refractivity contribution < 1.29 is 9.53 Å². The largest absolute Gasteiger partial charge is 0.379 e. The lowest BCUT2D eigenvalue weighted by atomic mass is 10.3. The summed E-state index contributed by atoms with van der Waals surface area (Å²) < 4.78 is 5.23. The van der Waals surface area contributed by atoms with Crippen molar-refractivity contribution in [3.05, 3.63) is 5.01 Å². The molecule has 7 nitrogen and oxygen atoms in total. The van der Waals surface area contributed by atoms with Gasteiger partial charge in [-0.2, -0.15) is 0 Å². The van der Waals surface area contributed by atoms with Crippen LogP contribution in [0.3, 0.4) is 0 Å². The molecule has 3 N–H and O–H groups in total. The summed E-state index contributed by atoms with van der Waals surface area (Å²) in [6, 6.07) is -0.159. The van der Waals surface area contributed by atoms with Gasteiger partial charge in [0, 0.05) is 13.1 Å². The van der Waals surface area contributed by atoms with Gasteiger partial charge in [0.15, 0.2) is 0 Å². The normalized spacial score (nSPS) is 18.5. The smallest absolute Gasteiger partial charge is 0.234 e. The van der Waals surface area contributed by atoms with Crippen LogP contribution in [-0.4, -0.2) is 53.9 Å². The SMILES string of the molecule is CC(NC(=O)CN1CCOCC1)c1nnc(N)s1. The maximum Gasteiger partial charge on any atom is 0.234 e. The van der Waals surface area contributed by atoms with E-state index in [2.05, 4.69) is 20.4 Å². The summed E-state index contributed by atoms with van der Waals surface area (Å²) in [7, 11) is 0. The second-order valence-corrected chi connectivity index (χ2v) is 5.20. The first-order valence-electron chi connectivity index (χ1n) is 5.83. The molecule has 1 aliphatic rings. The van der Waals surface area contributed by atoms with E-state index in [0.29, 0.717) is 24.9 Å². The van der Waals surface area contributed by atoms with Gasteiger partial charge >= 0.3 is 0 Å². The Bertz CT molecular complexity index is 405. The number of rotatable bonds is 4. The predicted octanol–water partition coefficient (Wildman–Crippen LogP) is -0.370. The molecule has 1 aromatic heterocycles. The van der Waals surface area contributed by atoms with Gasteiger partial charge in [-0.25, -0.2) is 0 Å². The van der Waals surface area contributed by atoms with Crippen LogP contribution in [0.5, 0.6) is 0 Å². The number of nitrogen functional groups attached to an aromatic ring is 1. The number of carbonyl (C=O) groups excluding carboxylic acids is 1. The molecule has 0 radical (unpaired) electrons. The Hall–Kier alpha value is -1.25. The Morgan fingerprint density at radius 1 is 1.56 bits per heavy atom. The maximum absolute atomic E-state index is 11.8. The van der Waals surface area contributed by atoms with Crippen molar-refractivity contribution in [2.75, 3.05) is 38.6 Å². The Morgan fingerprint density at radius 3 is 2.89 bits per heavy atom. The first kappa shape index (κ1) is 13.2. The fourth-order valence-corrected chi connectivity index (χ4v) is 2.35. The molecule has 0 saturated carbocycles. The van der Waals surface area contributed by atoms with E-state index in [1.807, 2.05) is 6.92 Å². The molecule has 0 aromatic carbocycles. The summed E-state index contributed by atoms with van der Waals surface area (Å²) in [5, 5.41) is 11.7. The second-order valence-electron chi connectivity index (χ2n) is 4.16. The molecule has 1 aliphatic heterocycles. The fraction of sp³-hybridized carbons (Fsp3) is 0.700. The zero-order chi connectivity index (χ0) is 13.0. The van der Waals surface area contributed by atoms with E-state index in [1.165, 1.54) is 11.3 Å². The highest BCUT2D eigenvalue weighted by atomic mass is 32.1. The molecular weight excluding hydrogens is 254 g/mol. The molecule has 18 heavy (non-hydrogen) atoms. The van der Waals surface area contributed by atoms with Gasteiger partial charge in [0.1, 0.15) is 5.01 Å². The lowest BCUT2D eigenvalue weighted by Gasteiger charge is -2.26. The molecule has 0 spiro atoms. The number of anilines is 1. The van der Waals surface area contributed by atoms with Gasteiger partial charge in [0.05, 0.1) is 25.8 Å². The van der Waals surface area contributed by atoms with Crippen LogP contribution in [0, 0.1) is 0 Å². The van der Waals surface area contributed by atoms with E-state index in [9.17, 15) is 4.79 Å². The van der Waals surface area contributed by atoms with E-state index < -0.39 is 0 Å². The monoisotopic (exact) mass is 271 g/mol. The van der Waals surface area contributed by atoms with Crippen LogP contribution in [0.15, 0.2) is 0 Å². The number of carbonyl (C=O) groups is 1. The Balaban J connectivity index is 1.79. The Kier molecular flexibility index (Phi) is 4.45. The third-order valence-electron chi connectivity index (χ3n) is 2.68. The van der Waals surface area contributed by atoms with E-state index in [0.717, 1.165) is 18.1 Å². The van der Waals surface area contributed by atoms with Gasteiger partial charge in [-0.3, -0.25) is 9.69 Å². The van der Waals surface area contributed by atoms with Crippen molar-refractivity contribution in [1.29, 1.82) is 0 Å². The van der Waals surface area contributed by atoms with Gasteiger partial charge in [-0.15, -0.1) is 10.2 Å². The van der Waals surface area contributed by atoms with Gasteiger partial charge in [-0.1, -0.05) is 11.3 Å². The minimum absolute atomic E-state index is 0.0156. The molecule has 2 rings (SSSR count). The molecule has 0 bridgehead atoms. The van der Waals surface area contributed by atoms with Gasteiger partial charge in [0.2, 0.25) is 11.0 Å². The highest BCUT2D eigenvalue weighted by Gasteiger charge is 2.17. The first-order valence-corrected chi connectivity index (χ1v) is 6.65. The molecule has 0 aliphatic carbocycles. The summed E-state index contributed by atoms with van der Waals surface area (Å²) in [6.45, 7) is 5.24. The minimum Gasteiger partial charge on any atom is -0.379 e. The van der Waals surface area contributed by atoms with E-state index in [-0.39, 0.29) is 11.9 Å². The van der Waals surface area contributed by atoms with Crippen LogP contribution in [0.1, 0.15) is 18.0 Å². The van der Waals surface area contributed by atoms with Crippen molar-refractivity contribution in [1.82, 2.24) is 20.4 Å². The number of ether oxygens (including phenoxy) is 1. The van der Waals surface area contributed by atoms with E-state index in [1.54, 1.807) is 0 Å². The molecule has 8 heteroatoms. The first-order chi connectivity index (χ1) is 8.65. The molecule has 1 aromatic rings. The average Bonchev–Trinajstić information content (AvgIpc) is 2.77. The number of hydrogen-bond donors (Lipinski definition) is 2. The molecule has 1 amide bonds. The molecule has 1 fully saturated rings. The molecular formula is C10H17N5O2S. The van der Waals surface area contributed by atoms with Crippen molar-refractivity contribution in [2.24, 2.45) is 0 Å². The molecule has 100 valence electrons. The van der Waals surface area contributed by atoms with E-state index in [4.69, 9.17) is 10.5 Å². The topological polar surface area (TPSA) is 93.4 Å². The van der Waals surface area contributed by atoms with Crippen molar-refractivity contribution in [2.45, 2.75) is 13.0 Å². The van der Waals surface area contributed by atoms with Crippen LogP contribution >= 0.6 is 11.3 Å². The van der Waals surface area contributed by atoms with E-state index >= 15 is 0 Å². The molecule has 1 atom stereocenters. The van der Waals surface area contributed by atoms with Crippen LogP contribution in [0.4, 0.5) is 5.13 Å². The number of hydrogen-bond acceptors (Lipinski definition) is 7. The lowest BCUT2D eigenvalue weighted by Crippen LogP contribution is -2.43. The van der Waals surface area contributed by atoms with Gasteiger partial charge in [-0.05, 0) is 6.92 Å². The fourth-order valence-electron chi connectivity index (χ4n) is 1.73. The lowest BCUT2D eigenvalue weighted by molar-refractivity contribution is -0.123. The predicted molar refractivity (Wildman–Crippen MR) is 68.1 cm³/mol. The zero-order valence-corrected chi connectivity index (χ0v) is 11.1. The molecule has 2 heterocycles. The summed E-state index contributed by atoms with van der Waals surface area (Å²) in [4.78, 5) is 13.9. The number of nitrogens with one attached hydrogen (secondary N) is 1. The number of nitrogens with zero attached hydrogens (tertiary/aromatic N) is 3. The molecule has 1 unspecified atom stereocenters. The van der Waals surface area contributed by atoms with Gasteiger partial charge in [0.25, 0.3) is 0 Å². The summed E-state index contributed by atoms with van der Waals surface area (Å²) in [5.74, 6) is -0.0156. The van der Waals surface area contributed by atoms with Crippen molar-refractivity contribution in [3.8, 4) is 0 Å². The maximum atomic E-state index is 11.8. The van der Waals surface area contributed by atoms with Gasteiger partial charge < -0.3 is 15.8 Å². The highest BCUT2D eigenvalue weighted by molar-refractivity contribution is 7.15. The van der Waals surface area contributed by atoms with Crippen LogP contribution < -0.4 is 11.1 Å². The summed E-state index contributed by atoms with van der Waals surface area (Å²) >= 11 is 1.29. The third kappa shape index (κ3) is 3.62. The average molecular weight is 271 g/mol. The Morgan fingerprint density at radius 2 is 2.28 bits per heavy atom. The number of aromatic nitrogens is 2. The summed E-state index contributed by atoms with van der Waals surface area (Å²) in [6.07, 6.45) is 0. The standard InChI is InChI=1S/C10H17N5O2S/c1-7(9-13-14-10(11)18-9)12-8(16)6-15-2-4-17-5-3-15/h7H,2-6H2,1H3,(H2,11,14)(H,12,16). The minimum atomic E-state index is -0.159. The van der Waals surface area contributed by atoms with Crippen molar-refractivity contribution >= 4 is 22.4 Å². The third-order valence-corrected chi connectivity index (χ3v) is 3.61. The zero-order valence-electron chi connectivity index (χ0n) is 10.3. The number of nitrogens with two attached hydrogens (primary N) is 1. The number of morpholine rings is 1. The summed E-state index contributed by atoms with van der Waals surface area (Å²) in [5.41, 5.74) is 5.51. The van der Waals surface area contributed by atoms with Crippen LogP contribution in [0.25, 0.3) is 0 Å². The van der Waals surface area contributed by atoms with Crippen LogP contribution in [0.2, 0.25) is 0 Å². The number of amides is 1.